The number of hydrogen-bond donors (Lipinski definition) is 3. The molecule has 3 N–H and O–H groups in total. The molecule has 0 radical (unpaired) electrons. The van der Waals surface area contributed by atoms with Crippen LogP contribution >= 0.6 is 11.6 Å². The second kappa shape index (κ2) is 5.02. The first-order chi connectivity index (χ1) is 9.63. The second-order valence-electron chi connectivity index (χ2n) is 4.57. The van der Waals surface area contributed by atoms with Crippen molar-refractivity contribution in [2.24, 2.45) is 0 Å². The number of rotatable bonds is 3. The number of H-pyrrole nitrogens is 2. The minimum Gasteiger partial charge on any atom is -0.356 e. The molecule has 1 atom stereocenters. The molecule has 5 nitrogen and oxygen atoms in total. The third-order valence-corrected chi connectivity index (χ3v) is 3.28. The van der Waals surface area contributed by atoms with Gasteiger partial charge in [0.15, 0.2) is 0 Å². The van der Waals surface area contributed by atoms with Gasteiger partial charge >= 0.3 is 0 Å². The molecule has 0 fully saturated rings. The predicted molar refractivity (Wildman–Crippen MR) is 77.8 cm³/mol. The summed E-state index contributed by atoms with van der Waals surface area (Å²) in [4.78, 5) is 22.5. The van der Waals surface area contributed by atoms with E-state index in [-0.39, 0.29) is 11.9 Å². The summed E-state index contributed by atoms with van der Waals surface area (Å²) in [5.74, 6) is 0.502. The average Bonchev–Trinajstić information content (AvgIpc) is 3.04. The highest BCUT2D eigenvalue weighted by Gasteiger charge is 2.15. The van der Waals surface area contributed by atoms with E-state index in [1.807, 2.05) is 31.2 Å². The molecule has 3 rings (SSSR count). The van der Waals surface area contributed by atoms with Gasteiger partial charge in [-0.05, 0) is 25.1 Å². The maximum Gasteiger partial charge on any atom is 0.268 e. The Morgan fingerprint density at radius 1 is 1.40 bits per heavy atom. The van der Waals surface area contributed by atoms with Gasteiger partial charge in [-0.3, -0.25) is 4.79 Å². The molecule has 0 aliphatic heterocycles. The Balaban J connectivity index is 1.78. The Morgan fingerprint density at radius 2 is 2.20 bits per heavy atom. The number of aromatic nitrogens is 3. The van der Waals surface area contributed by atoms with E-state index in [0.29, 0.717) is 10.7 Å². The summed E-state index contributed by atoms with van der Waals surface area (Å²) in [6.45, 7) is 1.88. The number of aromatic amines is 2. The molecule has 0 bridgehead atoms. The van der Waals surface area contributed by atoms with Gasteiger partial charge in [0.1, 0.15) is 11.5 Å². The summed E-state index contributed by atoms with van der Waals surface area (Å²) in [6, 6.07) is 9.10. The van der Waals surface area contributed by atoms with Crippen molar-refractivity contribution in [2.45, 2.75) is 13.0 Å². The molecule has 102 valence electrons. The monoisotopic (exact) mass is 288 g/mol. The number of hydrogen-bond acceptors (Lipinski definition) is 2. The van der Waals surface area contributed by atoms with Gasteiger partial charge in [-0.15, -0.1) is 0 Å². The maximum absolute atomic E-state index is 12.0. The third-order valence-electron chi connectivity index (χ3n) is 3.06. The molecule has 0 saturated heterocycles. The zero-order valence-corrected chi connectivity index (χ0v) is 11.5. The largest absolute Gasteiger partial charge is 0.356 e. The molecule has 20 heavy (non-hydrogen) atoms. The molecule has 3 aromatic rings. The van der Waals surface area contributed by atoms with Crippen LogP contribution in [0.25, 0.3) is 11.0 Å². The van der Waals surface area contributed by atoms with Crippen LogP contribution in [-0.4, -0.2) is 20.9 Å². The van der Waals surface area contributed by atoms with Gasteiger partial charge in [0.25, 0.3) is 5.91 Å². The van der Waals surface area contributed by atoms with Crippen LogP contribution in [0.2, 0.25) is 5.02 Å². The lowest BCUT2D eigenvalue weighted by Gasteiger charge is -2.10. The Kier molecular flexibility index (Phi) is 3.20. The van der Waals surface area contributed by atoms with Gasteiger partial charge in [-0.2, -0.15) is 0 Å². The second-order valence-corrected chi connectivity index (χ2v) is 5.00. The maximum atomic E-state index is 12.0. The molecular formula is C14H13ClN4O. The van der Waals surface area contributed by atoms with E-state index in [1.54, 1.807) is 12.3 Å². The van der Waals surface area contributed by atoms with Crippen molar-refractivity contribution in [1.29, 1.82) is 0 Å². The number of para-hydroxylation sites is 2. The van der Waals surface area contributed by atoms with Crippen molar-refractivity contribution in [1.82, 2.24) is 20.3 Å². The number of fused-ring (bicyclic) bond motifs is 1. The van der Waals surface area contributed by atoms with E-state index in [0.717, 1.165) is 16.9 Å². The van der Waals surface area contributed by atoms with E-state index in [4.69, 9.17) is 11.6 Å². The lowest BCUT2D eigenvalue weighted by atomic mass is 10.3. The van der Waals surface area contributed by atoms with Gasteiger partial charge < -0.3 is 15.3 Å². The highest BCUT2D eigenvalue weighted by Crippen LogP contribution is 2.16. The molecule has 0 aliphatic rings. The number of nitrogens with one attached hydrogen (secondary N) is 3. The number of carbonyl (C=O) groups excluding carboxylic acids is 1. The van der Waals surface area contributed by atoms with Gasteiger partial charge in [0.2, 0.25) is 0 Å². The van der Waals surface area contributed by atoms with Gasteiger partial charge in [-0.1, -0.05) is 23.7 Å². The molecule has 0 unspecified atom stereocenters. The Hall–Kier alpha value is -2.27. The quantitative estimate of drug-likeness (QED) is 0.693. The minimum absolute atomic E-state index is 0.218. The van der Waals surface area contributed by atoms with Crippen LogP contribution in [0, 0.1) is 0 Å². The van der Waals surface area contributed by atoms with Crippen molar-refractivity contribution in [3.05, 3.63) is 53.1 Å². The molecular weight excluding hydrogens is 276 g/mol. The van der Waals surface area contributed by atoms with E-state index < -0.39 is 0 Å². The summed E-state index contributed by atoms with van der Waals surface area (Å²) >= 11 is 5.78. The third kappa shape index (κ3) is 2.40. The lowest BCUT2D eigenvalue weighted by Crippen LogP contribution is -2.27. The van der Waals surface area contributed by atoms with Gasteiger partial charge in [0, 0.05) is 6.20 Å². The Labute approximate surface area is 120 Å². The first-order valence-corrected chi connectivity index (χ1v) is 6.61. The smallest absolute Gasteiger partial charge is 0.268 e. The van der Waals surface area contributed by atoms with Crippen LogP contribution < -0.4 is 5.32 Å². The van der Waals surface area contributed by atoms with Gasteiger partial charge in [0.05, 0.1) is 22.1 Å². The fraction of sp³-hybridized carbons (Fsp3) is 0.143. The van der Waals surface area contributed by atoms with E-state index in [9.17, 15) is 4.79 Å². The summed E-state index contributed by atoms with van der Waals surface area (Å²) < 4.78 is 0. The normalized spacial score (nSPS) is 12.5. The van der Waals surface area contributed by atoms with Crippen LogP contribution in [0.3, 0.4) is 0 Å². The lowest BCUT2D eigenvalue weighted by molar-refractivity contribution is 0.0934. The number of nitrogens with zero attached hydrogens (tertiary/aromatic N) is 1. The summed E-state index contributed by atoms with van der Waals surface area (Å²) in [5.41, 5.74) is 2.26. The first-order valence-electron chi connectivity index (χ1n) is 6.23. The molecule has 0 spiro atoms. The number of carbonyl (C=O) groups is 1. The fourth-order valence-electron chi connectivity index (χ4n) is 2.02. The molecule has 2 aromatic heterocycles. The van der Waals surface area contributed by atoms with Crippen LogP contribution in [0.4, 0.5) is 0 Å². The van der Waals surface area contributed by atoms with E-state index in [2.05, 4.69) is 20.3 Å². The van der Waals surface area contributed by atoms with E-state index in [1.165, 1.54) is 0 Å². The van der Waals surface area contributed by atoms with Crippen molar-refractivity contribution < 1.29 is 4.79 Å². The Morgan fingerprint density at radius 3 is 2.90 bits per heavy atom. The molecule has 1 aromatic carbocycles. The molecule has 6 heteroatoms. The van der Waals surface area contributed by atoms with Crippen molar-refractivity contribution in [3.63, 3.8) is 0 Å². The van der Waals surface area contributed by atoms with Crippen LogP contribution in [0.15, 0.2) is 36.5 Å². The number of benzene rings is 1. The first kappa shape index (κ1) is 12.7. The predicted octanol–water partition coefficient (Wildman–Crippen LogP) is 3.04. The number of imidazole rings is 1. The zero-order chi connectivity index (χ0) is 14.1. The number of halogens is 1. The van der Waals surface area contributed by atoms with Crippen LogP contribution in [0.5, 0.6) is 0 Å². The topological polar surface area (TPSA) is 73.6 Å². The molecule has 0 saturated carbocycles. The van der Waals surface area contributed by atoms with Crippen molar-refractivity contribution in [2.75, 3.05) is 0 Å². The molecule has 0 aliphatic carbocycles. The molecule has 2 heterocycles. The minimum atomic E-state index is -0.225. The van der Waals surface area contributed by atoms with Crippen LogP contribution in [-0.2, 0) is 0 Å². The van der Waals surface area contributed by atoms with Gasteiger partial charge in [-0.25, -0.2) is 4.98 Å². The number of amides is 1. The van der Waals surface area contributed by atoms with Crippen molar-refractivity contribution >= 4 is 28.5 Å². The highest BCUT2D eigenvalue weighted by atomic mass is 35.5. The molecule has 1 amide bonds. The van der Waals surface area contributed by atoms with Crippen molar-refractivity contribution in [3.8, 4) is 0 Å². The fourth-order valence-corrected chi connectivity index (χ4v) is 2.18. The SMILES string of the molecule is C[C@H](NC(=O)c1cc(Cl)c[nH]1)c1nc2ccccc2[nH]1. The standard InChI is InChI=1S/C14H13ClN4O/c1-8(17-14(20)12-6-9(15)7-16-12)13-18-10-4-2-3-5-11(10)19-13/h2-8,16H,1H3,(H,17,20)(H,18,19)/t8-/m0/s1. The highest BCUT2D eigenvalue weighted by molar-refractivity contribution is 6.30. The summed E-state index contributed by atoms with van der Waals surface area (Å²) in [6.07, 6.45) is 1.57. The summed E-state index contributed by atoms with van der Waals surface area (Å²) in [5, 5.41) is 3.37. The average molecular weight is 289 g/mol. The van der Waals surface area contributed by atoms with Crippen LogP contribution in [0.1, 0.15) is 29.3 Å². The Bertz CT molecular complexity index is 728. The zero-order valence-electron chi connectivity index (χ0n) is 10.8. The summed E-state index contributed by atoms with van der Waals surface area (Å²) in [7, 11) is 0. The van der Waals surface area contributed by atoms with E-state index >= 15 is 0 Å².